The summed E-state index contributed by atoms with van der Waals surface area (Å²) < 4.78 is 30.9. The molecular weight excluding hydrogens is 434 g/mol. The first-order valence-corrected chi connectivity index (χ1v) is 13.6. The van der Waals surface area contributed by atoms with Crippen molar-refractivity contribution in [2.24, 2.45) is 5.73 Å². The van der Waals surface area contributed by atoms with Crippen molar-refractivity contribution in [2.75, 3.05) is 30.9 Å². The summed E-state index contributed by atoms with van der Waals surface area (Å²) in [7, 11) is -3.61. The predicted molar refractivity (Wildman–Crippen MR) is 133 cm³/mol. The van der Waals surface area contributed by atoms with Gasteiger partial charge in [0.2, 0.25) is 0 Å². The third-order valence-corrected chi connectivity index (χ3v) is 8.75. The van der Waals surface area contributed by atoms with Gasteiger partial charge in [-0.15, -0.1) is 0 Å². The van der Waals surface area contributed by atoms with Crippen molar-refractivity contribution in [2.45, 2.75) is 56.1 Å². The number of hydrogen-bond acceptors (Lipinski definition) is 5. The van der Waals surface area contributed by atoms with Gasteiger partial charge in [0.1, 0.15) is 0 Å². The van der Waals surface area contributed by atoms with Crippen LogP contribution < -0.4 is 21.1 Å². The molecule has 0 spiro atoms. The zero-order valence-electron chi connectivity index (χ0n) is 19.0. The van der Waals surface area contributed by atoms with Gasteiger partial charge in [0.05, 0.1) is 5.69 Å². The fourth-order valence-electron chi connectivity index (χ4n) is 5.18. The second-order valence-electron chi connectivity index (χ2n) is 9.65. The summed E-state index contributed by atoms with van der Waals surface area (Å²) in [5.74, 6) is 0.325. The van der Waals surface area contributed by atoms with E-state index in [1.165, 1.54) is 4.31 Å². The minimum Gasteiger partial charge on any atom is -0.328 e. The molecule has 2 atom stereocenters. The van der Waals surface area contributed by atoms with Crippen LogP contribution in [0.15, 0.2) is 48.5 Å². The van der Waals surface area contributed by atoms with Crippen LogP contribution in [0.25, 0.3) is 11.1 Å². The molecule has 8 heteroatoms. The Morgan fingerprint density at radius 1 is 0.939 bits per heavy atom. The highest BCUT2D eigenvalue weighted by atomic mass is 32.2. The van der Waals surface area contributed by atoms with Crippen molar-refractivity contribution < 1.29 is 8.42 Å². The van der Waals surface area contributed by atoms with Gasteiger partial charge in [-0.2, -0.15) is 12.7 Å². The molecule has 33 heavy (non-hydrogen) atoms. The van der Waals surface area contributed by atoms with Gasteiger partial charge in [-0.25, -0.2) is 0 Å². The Labute approximate surface area is 197 Å². The zero-order chi connectivity index (χ0) is 22.8. The van der Waals surface area contributed by atoms with Crippen molar-refractivity contribution in [3.8, 4) is 11.1 Å². The van der Waals surface area contributed by atoms with Gasteiger partial charge in [-0.3, -0.25) is 4.72 Å². The van der Waals surface area contributed by atoms with Gasteiger partial charge in [0.25, 0.3) is 0 Å². The Balaban J connectivity index is 1.37. The van der Waals surface area contributed by atoms with E-state index in [0.29, 0.717) is 55.9 Å². The quantitative estimate of drug-likeness (QED) is 0.500. The molecule has 2 aromatic carbocycles. The summed E-state index contributed by atoms with van der Waals surface area (Å²) in [5, 5.41) is 7.03. The third-order valence-electron chi connectivity index (χ3n) is 7.23. The largest absolute Gasteiger partial charge is 0.328 e. The summed E-state index contributed by atoms with van der Waals surface area (Å²) in [6.45, 7) is 2.33. The first-order chi connectivity index (χ1) is 16.0. The molecule has 7 nitrogen and oxygen atoms in total. The SMILES string of the molecule is NC1CCC(N[C@H]2C[C@@H]2c2ccc(-c3ccccc3)cc2NS(=O)(=O)N2CCNCC2)CC1. The highest BCUT2D eigenvalue weighted by Crippen LogP contribution is 2.46. The first-order valence-electron chi connectivity index (χ1n) is 12.2. The van der Waals surface area contributed by atoms with Crippen molar-refractivity contribution >= 4 is 15.9 Å². The van der Waals surface area contributed by atoms with Gasteiger partial charge < -0.3 is 16.4 Å². The van der Waals surface area contributed by atoms with Gasteiger partial charge in [-0.1, -0.05) is 42.5 Å². The Hall–Kier alpha value is -1.97. The number of nitrogens with one attached hydrogen (secondary N) is 3. The molecule has 0 radical (unpaired) electrons. The lowest BCUT2D eigenvalue weighted by molar-refractivity contribution is 0.339. The van der Waals surface area contributed by atoms with Crippen LogP contribution in [0.2, 0.25) is 0 Å². The topological polar surface area (TPSA) is 99.5 Å². The van der Waals surface area contributed by atoms with Crippen LogP contribution in [0.5, 0.6) is 0 Å². The van der Waals surface area contributed by atoms with E-state index in [-0.39, 0.29) is 0 Å². The maximum atomic E-state index is 13.2. The number of piperazine rings is 1. The standard InChI is InChI=1S/C25H35N5O2S/c26-20-7-9-21(10-8-20)28-24-17-23(24)22-11-6-19(18-4-2-1-3-5-18)16-25(22)29-33(31,32)30-14-12-27-13-15-30/h1-6,11,16,20-21,23-24,27-29H,7-10,12-15,17,26H2/t20?,21?,23-,24+/m1/s1. The average molecular weight is 470 g/mol. The highest BCUT2D eigenvalue weighted by Gasteiger charge is 2.41. The molecule has 0 aromatic heterocycles. The summed E-state index contributed by atoms with van der Waals surface area (Å²) in [4.78, 5) is 0. The predicted octanol–water partition coefficient (Wildman–Crippen LogP) is 2.63. The normalized spacial score (nSPS) is 28.4. The van der Waals surface area contributed by atoms with E-state index in [1.807, 2.05) is 24.3 Å². The maximum absolute atomic E-state index is 13.2. The van der Waals surface area contributed by atoms with E-state index >= 15 is 0 Å². The molecule has 3 aliphatic rings. The molecule has 2 aromatic rings. The molecule has 0 unspecified atom stereocenters. The molecule has 5 rings (SSSR count). The number of benzene rings is 2. The van der Waals surface area contributed by atoms with Crippen molar-refractivity contribution in [3.05, 3.63) is 54.1 Å². The van der Waals surface area contributed by atoms with Gasteiger partial charge in [0, 0.05) is 50.2 Å². The minimum absolute atomic E-state index is 0.325. The molecular formula is C25H35N5O2S. The maximum Gasteiger partial charge on any atom is 0.301 e. The lowest BCUT2D eigenvalue weighted by Crippen LogP contribution is -2.48. The highest BCUT2D eigenvalue weighted by molar-refractivity contribution is 7.90. The van der Waals surface area contributed by atoms with Crippen LogP contribution >= 0.6 is 0 Å². The lowest BCUT2D eigenvalue weighted by atomic mass is 9.91. The second kappa shape index (κ2) is 9.72. The van der Waals surface area contributed by atoms with E-state index < -0.39 is 10.2 Å². The van der Waals surface area contributed by atoms with Crippen LogP contribution in [-0.2, 0) is 10.2 Å². The molecule has 1 heterocycles. The summed E-state index contributed by atoms with van der Waals surface area (Å²) in [6, 6.07) is 17.6. The summed E-state index contributed by atoms with van der Waals surface area (Å²) in [6.07, 6.45) is 5.45. The molecule has 5 N–H and O–H groups in total. The number of nitrogens with two attached hydrogens (primary N) is 1. The van der Waals surface area contributed by atoms with Crippen LogP contribution in [0.4, 0.5) is 5.69 Å². The molecule has 3 fully saturated rings. The van der Waals surface area contributed by atoms with Crippen molar-refractivity contribution in [1.29, 1.82) is 0 Å². The third kappa shape index (κ3) is 5.41. The smallest absolute Gasteiger partial charge is 0.301 e. The number of anilines is 1. The van der Waals surface area contributed by atoms with Gasteiger partial charge in [0.15, 0.2) is 0 Å². The van der Waals surface area contributed by atoms with E-state index in [1.54, 1.807) is 0 Å². The molecule has 1 aliphatic heterocycles. The van der Waals surface area contributed by atoms with Crippen LogP contribution in [0.1, 0.15) is 43.6 Å². The first kappa shape index (κ1) is 22.8. The van der Waals surface area contributed by atoms with Crippen LogP contribution in [0.3, 0.4) is 0 Å². The summed E-state index contributed by atoms with van der Waals surface area (Å²) in [5.41, 5.74) is 9.95. The monoisotopic (exact) mass is 469 g/mol. The number of nitrogens with zero attached hydrogens (tertiary/aromatic N) is 1. The summed E-state index contributed by atoms with van der Waals surface area (Å²) >= 11 is 0. The minimum atomic E-state index is -3.61. The number of rotatable bonds is 7. The molecule has 1 saturated heterocycles. The van der Waals surface area contributed by atoms with Crippen molar-refractivity contribution in [3.63, 3.8) is 0 Å². The fourth-order valence-corrected chi connectivity index (χ4v) is 6.42. The van der Waals surface area contributed by atoms with Crippen molar-refractivity contribution in [1.82, 2.24) is 14.9 Å². The Bertz CT molecular complexity index is 1050. The molecule has 178 valence electrons. The molecule has 0 bridgehead atoms. The lowest BCUT2D eigenvalue weighted by Gasteiger charge is -2.28. The van der Waals surface area contributed by atoms with Gasteiger partial charge >= 0.3 is 10.2 Å². The zero-order valence-corrected chi connectivity index (χ0v) is 19.9. The number of hydrogen-bond donors (Lipinski definition) is 4. The van der Waals surface area contributed by atoms with E-state index in [4.69, 9.17) is 5.73 Å². The van der Waals surface area contributed by atoms with E-state index in [2.05, 4.69) is 39.6 Å². The van der Waals surface area contributed by atoms with E-state index in [9.17, 15) is 8.42 Å². The average Bonchev–Trinajstić information content (AvgIpc) is 3.60. The molecule has 0 amide bonds. The van der Waals surface area contributed by atoms with Crippen LogP contribution in [-0.4, -0.2) is 57.0 Å². The van der Waals surface area contributed by atoms with E-state index in [0.717, 1.165) is 48.8 Å². The Morgan fingerprint density at radius 2 is 1.67 bits per heavy atom. The second-order valence-corrected chi connectivity index (χ2v) is 11.3. The Morgan fingerprint density at radius 3 is 2.39 bits per heavy atom. The Kier molecular flexibility index (Phi) is 6.72. The molecule has 2 aliphatic carbocycles. The van der Waals surface area contributed by atoms with Crippen LogP contribution in [0, 0.1) is 0 Å². The molecule has 2 saturated carbocycles. The van der Waals surface area contributed by atoms with Gasteiger partial charge in [-0.05, 0) is 54.9 Å². The fraction of sp³-hybridized carbons (Fsp3) is 0.520.